The van der Waals surface area contributed by atoms with Gasteiger partial charge in [-0.05, 0) is 24.6 Å². The molecule has 1 aromatic carbocycles. The maximum atomic E-state index is 8.89. The summed E-state index contributed by atoms with van der Waals surface area (Å²) in [4.78, 5) is 10.2. The molecule has 0 aliphatic heterocycles. The summed E-state index contributed by atoms with van der Waals surface area (Å²) in [5.41, 5.74) is 8.19. The zero-order valence-corrected chi connectivity index (χ0v) is 11.0. The van der Waals surface area contributed by atoms with Crippen LogP contribution in [0.25, 0.3) is 0 Å². The third kappa shape index (κ3) is 3.19. The van der Waals surface area contributed by atoms with E-state index in [2.05, 4.69) is 16.0 Å². The zero-order valence-electron chi connectivity index (χ0n) is 11.0. The predicted octanol–water partition coefficient (Wildman–Crippen LogP) is 1.88. The maximum absolute atomic E-state index is 8.89. The molecule has 2 N–H and O–H groups in total. The first-order valence-corrected chi connectivity index (χ1v) is 5.90. The van der Waals surface area contributed by atoms with Gasteiger partial charge in [0.05, 0.1) is 11.6 Å². The SMILES string of the molecule is Cc1cc(N(C)Cc2cccc(C#N)c2)nc(N)n1. The zero-order chi connectivity index (χ0) is 13.8. The van der Waals surface area contributed by atoms with Gasteiger partial charge in [0.1, 0.15) is 5.82 Å². The molecule has 2 aromatic rings. The molecule has 0 aliphatic carbocycles. The lowest BCUT2D eigenvalue weighted by atomic mass is 10.1. The van der Waals surface area contributed by atoms with Gasteiger partial charge in [-0.2, -0.15) is 10.2 Å². The summed E-state index contributed by atoms with van der Waals surface area (Å²) in [6.07, 6.45) is 0. The molecule has 0 fully saturated rings. The van der Waals surface area contributed by atoms with E-state index in [1.807, 2.05) is 43.1 Å². The van der Waals surface area contributed by atoms with E-state index in [1.165, 1.54) is 0 Å². The van der Waals surface area contributed by atoms with Crippen molar-refractivity contribution >= 4 is 11.8 Å². The molecule has 0 radical (unpaired) electrons. The molecule has 19 heavy (non-hydrogen) atoms. The van der Waals surface area contributed by atoms with Gasteiger partial charge < -0.3 is 10.6 Å². The van der Waals surface area contributed by atoms with E-state index in [-0.39, 0.29) is 5.95 Å². The number of benzene rings is 1. The van der Waals surface area contributed by atoms with Crippen molar-refractivity contribution in [3.63, 3.8) is 0 Å². The Labute approximate surface area is 112 Å². The average Bonchev–Trinajstić information content (AvgIpc) is 2.37. The first-order chi connectivity index (χ1) is 9.08. The first kappa shape index (κ1) is 12.8. The second-order valence-electron chi connectivity index (χ2n) is 4.39. The van der Waals surface area contributed by atoms with E-state index >= 15 is 0 Å². The molecule has 5 heteroatoms. The van der Waals surface area contributed by atoms with Crippen molar-refractivity contribution in [1.82, 2.24) is 9.97 Å². The Bertz CT molecular complexity index is 610. The van der Waals surface area contributed by atoms with Gasteiger partial charge in [0.25, 0.3) is 0 Å². The number of hydrogen-bond acceptors (Lipinski definition) is 5. The fraction of sp³-hybridized carbons (Fsp3) is 0.214. The Morgan fingerprint density at radius 2 is 2.11 bits per heavy atom. The third-order valence-corrected chi connectivity index (χ3v) is 2.72. The van der Waals surface area contributed by atoms with Crippen molar-refractivity contribution in [3.05, 3.63) is 47.2 Å². The van der Waals surface area contributed by atoms with E-state index in [1.54, 1.807) is 6.07 Å². The molecular formula is C14H15N5. The van der Waals surface area contributed by atoms with Gasteiger partial charge in [-0.3, -0.25) is 0 Å². The fourth-order valence-electron chi connectivity index (χ4n) is 1.86. The smallest absolute Gasteiger partial charge is 0.222 e. The molecule has 0 aliphatic rings. The standard InChI is InChI=1S/C14H15N5/c1-10-6-13(18-14(16)17-10)19(2)9-12-5-3-4-11(7-12)8-15/h3-7H,9H2,1-2H3,(H2,16,17,18). The van der Waals surface area contributed by atoms with Crippen LogP contribution in [-0.2, 0) is 6.54 Å². The van der Waals surface area contributed by atoms with Gasteiger partial charge >= 0.3 is 0 Å². The monoisotopic (exact) mass is 253 g/mol. The van der Waals surface area contributed by atoms with E-state index in [0.717, 1.165) is 17.1 Å². The largest absolute Gasteiger partial charge is 0.368 e. The Hall–Kier alpha value is -2.61. The lowest BCUT2D eigenvalue weighted by molar-refractivity contribution is 0.889. The minimum Gasteiger partial charge on any atom is -0.368 e. The number of nitrogens with two attached hydrogens (primary N) is 1. The molecule has 0 unspecified atom stereocenters. The van der Waals surface area contributed by atoms with Crippen LogP contribution in [0.1, 0.15) is 16.8 Å². The van der Waals surface area contributed by atoms with Crippen LogP contribution < -0.4 is 10.6 Å². The number of hydrogen-bond donors (Lipinski definition) is 1. The van der Waals surface area contributed by atoms with Crippen molar-refractivity contribution in [3.8, 4) is 6.07 Å². The molecule has 0 saturated carbocycles. The first-order valence-electron chi connectivity index (χ1n) is 5.90. The minimum absolute atomic E-state index is 0.271. The fourth-order valence-corrected chi connectivity index (χ4v) is 1.86. The van der Waals surface area contributed by atoms with Crippen LogP contribution in [-0.4, -0.2) is 17.0 Å². The highest BCUT2D eigenvalue weighted by Crippen LogP contribution is 2.15. The Morgan fingerprint density at radius 1 is 1.32 bits per heavy atom. The molecule has 1 heterocycles. The lowest BCUT2D eigenvalue weighted by Gasteiger charge is -2.18. The summed E-state index contributed by atoms with van der Waals surface area (Å²) in [7, 11) is 1.93. The highest BCUT2D eigenvalue weighted by atomic mass is 15.2. The second kappa shape index (κ2) is 5.36. The Kier molecular flexibility index (Phi) is 3.62. The predicted molar refractivity (Wildman–Crippen MR) is 74.4 cm³/mol. The number of aryl methyl sites for hydroxylation is 1. The van der Waals surface area contributed by atoms with Crippen molar-refractivity contribution in [2.24, 2.45) is 0 Å². The van der Waals surface area contributed by atoms with Crippen LogP contribution >= 0.6 is 0 Å². The summed E-state index contributed by atoms with van der Waals surface area (Å²) < 4.78 is 0. The molecule has 5 nitrogen and oxygen atoms in total. The van der Waals surface area contributed by atoms with Crippen LogP contribution in [0.5, 0.6) is 0 Å². The van der Waals surface area contributed by atoms with Crippen molar-refractivity contribution in [2.75, 3.05) is 17.7 Å². The number of aromatic nitrogens is 2. The quantitative estimate of drug-likeness (QED) is 0.903. The van der Waals surface area contributed by atoms with E-state index in [4.69, 9.17) is 11.0 Å². The molecular weight excluding hydrogens is 238 g/mol. The summed E-state index contributed by atoms with van der Waals surface area (Å²) in [6, 6.07) is 11.5. The van der Waals surface area contributed by atoms with Crippen LogP contribution in [0.4, 0.5) is 11.8 Å². The Balaban J connectivity index is 2.20. The summed E-state index contributed by atoms with van der Waals surface area (Å²) in [5.74, 6) is 1.04. The summed E-state index contributed by atoms with van der Waals surface area (Å²) in [5, 5.41) is 8.89. The average molecular weight is 253 g/mol. The number of anilines is 2. The number of nitrogen functional groups attached to an aromatic ring is 1. The van der Waals surface area contributed by atoms with E-state index < -0.39 is 0 Å². The van der Waals surface area contributed by atoms with E-state index in [0.29, 0.717) is 12.1 Å². The van der Waals surface area contributed by atoms with Gasteiger partial charge in [0.2, 0.25) is 5.95 Å². The number of nitrogens with zero attached hydrogens (tertiary/aromatic N) is 4. The van der Waals surface area contributed by atoms with Gasteiger partial charge in [0, 0.05) is 25.4 Å². The third-order valence-electron chi connectivity index (χ3n) is 2.72. The molecule has 0 amide bonds. The molecule has 0 atom stereocenters. The highest BCUT2D eigenvalue weighted by Gasteiger charge is 2.06. The highest BCUT2D eigenvalue weighted by molar-refractivity contribution is 5.44. The van der Waals surface area contributed by atoms with Crippen LogP contribution in [0.3, 0.4) is 0 Å². The van der Waals surface area contributed by atoms with Crippen molar-refractivity contribution < 1.29 is 0 Å². The second-order valence-corrected chi connectivity index (χ2v) is 4.39. The summed E-state index contributed by atoms with van der Waals surface area (Å²) in [6.45, 7) is 2.54. The maximum Gasteiger partial charge on any atom is 0.222 e. The van der Waals surface area contributed by atoms with Crippen molar-refractivity contribution in [2.45, 2.75) is 13.5 Å². The topological polar surface area (TPSA) is 78.8 Å². The molecule has 2 rings (SSSR count). The van der Waals surface area contributed by atoms with Crippen molar-refractivity contribution in [1.29, 1.82) is 5.26 Å². The number of rotatable bonds is 3. The molecule has 0 spiro atoms. The summed E-state index contributed by atoms with van der Waals surface area (Å²) >= 11 is 0. The van der Waals surface area contributed by atoms with Gasteiger partial charge in [-0.25, -0.2) is 4.98 Å². The minimum atomic E-state index is 0.271. The normalized spacial score (nSPS) is 9.95. The lowest BCUT2D eigenvalue weighted by Crippen LogP contribution is -2.18. The molecule has 1 aromatic heterocycles. The molecule has 0 saturated heterocycles. The Morgan fingerprint density at radius 3 is 2.79 bits per heavy atom. The number of nitriles is 1. The van der Waals surface area contributed by atoms with E-state index in [9.17, 15) is 0 Å². The van der Waals surface area contributed by atoms with Crippen LogP contribution in [0, 0.1) is 18.3 Å². The van der Waals surface area contributed by atoms with Crippen LogP contribution in [0.2, 0.25) is 0 Å². The molecule has 96 valence electrons. The van der Waals surface area contributed by atoms with Gasteiger partial charge in [0.15, 0.2) is 0 Å². The van der Waals surface area contributed by atoms with Gasteiger partial charge in [-0.1, -0.05) is 12.1 Å². The van der Waals surface area contributed by atoms with Crippen LogP contribution in [0.15, 0.2) is 30.3 Å². The molecule has 0 bridgehead atoms. The van der Waals surface area contributed by atoms with Gasteiger partial charge in [-0.15, -0.1) is 0 Å².